The minimum absolute atomic E-state index is 0.00292. The van der Waals surface area contributed by atoms with Gasteiger partial charge >= 0.3 is 0 Å². The number of hydrogen-bond donors (Lipinski definition) is 3. The first-order valence-corrected chi connectivity index (χ1v) is 19.4. The van der Waals surface area contributed by atoms with E-state index < -0.39 is 8.32 Å². The Bertz CT molecular complexity index is 1390. The minimum Gasteiger partial charge on any atom is -0.412 e. The molecule has 0 bridgehead atoms. The van der Waals surface area contributed by atoms with Gasteiger partial charge in [0.15, 0.2) is 13.4 Å². The Kier molecular flexibility index (Phi) is 11.6. The van der Waals surface area contributed by atoms with Gasteiger partial charge in [-0.25, -0.2) is 9.97 Å². The van der Waals surface area contributed by atoms with E-state index in [1.54, 1.807) is 23.7 Å². The number of nitrogens with one attached hydrogen (secondary N) is 3. The van der Waals surface area contributed by atoms with E-state index in [0.717, 1.165) is 22.9 Å². The molecule has 3 N–H and O–H groups in total. The lowest BCUT2D eigenvalue weighted by molar-refractivity contribution is -0.127. The molecule has 0 fully saturated rings. The van der Waals surface area contributed by atoms with Crippen molar-refractivity contribution in [1.29, 1.82) is 0 Å². The van der Waals surface area contributed by atoms with E-state index in [9.17, 15) is 4.79 Å². The molecule has 2 heterocycles. The number of hydrogen-bond acceptors (Lipinski definition) is 6. The van der Waals surface area contributed by atoms with Gasteiger partial charge in [0.2, 0.25) is 5.91 Å². The number of nitrogens with zero attached hydrogens (tertiary/aromatic N) is 2. The fourth-order valence-corrected chi connectivity index (χ4v) is 7.14. The van der Waals surface area contributed by atoms with Gasteiger partial charge in [0.1, 0.15) is 5.82 Å². The van der Waals surface area contributed by atoms with E-state index in [4.69, 9.17) is 4.43 Å². The normalized spacial score (nSPS) is 15.0. The van der Waals surface area contributed by atoms with Crippen molar-refractivity contribution in [3.8, 4) is 0 Å². The molecule has 44 heavy (non-hydrogen) atoms. The summed E-state index contributed by atoms with van der Waals surface area (Å²) in [4.78, 5) is 26.6. The summed E-state index contributed by atoms with van der Waals surface area (Å²) in [6.07, 6.45) is 7.05. The largest absolute Gasteiger partial charge is 0.412 e. The van der Waals surface area contributed by atoms with Gasteiger partial charge in [-0.05, 0) is 54.4 Å². The van der Waals surface area contributed by atoms with Crippen LogP contribution in [0.4, 0.5) is 5.13 Å². The van der Waals surface area contributed by atoms with Crippen molar-refractivity contribution in [3.63, 3.8) is 0 Å². The van der Waals surface area contributed by atoms with Gasteiger partial charge in [-0.15, -0.1) is 11.3 Å². The second kappa shape index (κ2) is 15.1. The summed E-state index contributed by atoms with van der Waals surface area (Å²) in [5.74, 6) is 0.632. The molecular weight excluding hydrogens is 583 g/mol. The van der Waals surface area contributed by atoms with Gasteiger partial charge in [-0.3, -0.25) is 4.79 Å². The Labute approximate surface area is 268 Å². The predicted molar refractivity (Wildman–Crippen MR) is 184 cm³/mol. The Hall–Kier alpha value is -3.27. The molecule has 0 saturated heterocycles. The summed E-state index contributed by atoms with van der Waals surface area (Å²) in [5, 5.41) is 9.94. The zero-order valence-electron chi connectivity index (χ0n) is 27.2. The number of carbonyl (C=O) groups excluding carboxylic acids is 1. The third-order valence-corrected chi connectivity index (χ3v) is 13.9. The standard InChI is InChI=1S/C35H49N5O2SSi/c1-25(2)31(32-36-18-19-37-32)40-33(41)28(22-26-14-10-8-11-15-26)24-30(42-44(6,7)35(3,4)5)29(39-34-38-20-21-43-34)23-27-16-12-9-13-17-27/h8-21,25,28-31H,22-24H2,1-7H3,(H,36,37)(H,38,39)(H,40,41)/t28-,29+,30+,31+/m1/s1. The summed E-state index contributed by atoms with van der Waals surface area (Å²) in [6, 6.07) is 20.5. The van der Waals surface area contributed by atoms with Crippen LogP contribution in [0.5, 0.6) is 0 Å². The number of H-pyrrole nitrogens is 1. The third-order valence-electron chi connectivity index (χ3n) is 8.73. The molecule has 4 aromatic rings. The van der Waals surface area contributed by atoms with Gasteiger partial charge in [-0.1, -0.05) is 95.3 Å². The number of benzene rings is 2. The van der Waals surface area contributed by atoms with E-state index in [-0.39, 0.29) is 41.0 Å². The molecule has 2 aromatic carbocycles. The van der Waals surface area contributed by atoms with Gasteiger partial charge in [-0.2, -0.15) is 0 Å². The third kappa shape index (κ3) is 9.36. The molecule has 0 aliphatic carbocycles. The number of anilines is 1. The lowest BCUT2D eigenvalue weighted by Gasteiger charge is -2.42. The first-order chi connectivity index (χ1) is 20.9. The SMILES string of the molecule is CC(C)[C@H](NC(=O)[C@H](Cc1ccccc1)C[C@H](O[Si](C)(C)C(C)(C)C)[C@H](Cc1ccccc1)Nc1nccs1)c1ncc[nH]1. The van der Waals surface area contributed by atoms with Gasteiger partial charge in [0.25, 0.3) is 0 Å². The van der Waals surface area contributed by atoms with Crippen molar-refractivity contribution in [3.05, 3.63) is 102 Å². The lowest BCUT2D eigenvalue weighted by Crippen LogP contribution is -2.51. The van der Waals surface area contributed by atoms with Crippen LogP contribution in [0.3, 0.4) is 0 Å². The zero-order chi connectivity index (χ0) is 31.7. The molecule has 0 aliphatic rings. The molecule has 0 saturated carbocycles. The highest BCUT2D eigenvalue weighted by molar-refractivity contribution is 7.13. The monoisotopic (exact) mass is 631 g/mol. The minimum atomic E-state index is -2.24. The first kappa shape index (κ1) is 33.6. The van der Waals surface area contributed by atoms with Crippen LogP contribution < -0.4 is 10.6 Å². The van der Waals surface area contributed by atoms with Crippen LogP contribution in [0.2, 0.25) is 18.1 Å². The van der Waals surface area contributed by atoms with E-state index in [2.05, 4.69) is 110 Å². The van der Waals surface area contributed by atoms with E-state index in [1.165, 1.54) is 5.56 Å². The Morgan fingerprint density at radius 1 is 0.955 bits per heavy atom. The van der Waals surface area contributed by atoms with Crippen molar-refractivity contribution in [2.75, 3.05) is 5.32 Å². The maximum atomic E-state index is 14.3. The van der Waals surface area contributed by atoms with Crippen LogP contribution in [-0.2, 0) is 22.1 Å². The van der Waals surface area contributed by atoms with Crippen LogP contribution in [-0.4, -0.2) is 41.3 Å². The van der Waals surface area contributed by atoms with E-state index in [0.29, 0.717) is 12.8 Å². The first-order valence-electron chi connectivity index (χ1n) is 15.6. The molecule has 2 aromatic heterocycles. The van der Waals surface area contributed by atoms with Crippen LogP contribution >= 0.6 is 11.3 Å². The number of amides is 1. The van der Waals surface area contributed by atoms with Crippen molar-refractivity contribution in [2.24, 2.45) is 11.8 Å². The van der Waals surface area contributed by atoms with Gasteiger partial charge in [0.05, 0.1) is 18.2 Å². The fourth-order valence-electron chi connectivity index (χ4n) is 5.18. The number of imidazole rings is 1. The maximum absolute atomic E-state index is 14.3. The Morgan fingerprint density at radius 2 is 1.59 bits per heavy atom. The van der Waals surface area contributed by atoms with E-state index >= 15 is 0 Å². The smallest absolute Gasteiger partial charge is 0.224 e. The summed E-state index contributed by atoms with van der Waals surface area (Å²) < 4.78 is 7.28. The van der Waals surface area contributed by atoms with Crippen molar-refractivity contribution in [2.45, 2.75) is 90.2 Å². The molecule has 0 radical (unpaired) electrons. The van der Waals surface area contributed by atoms with Crippen LogP contribution in [0.25, 0.3) is 0 Å². The fraction of sp³-hybridized carbons (Fsp3) is 0.457. The summed E-state index contributed by atoms with van der Waals surface area (Å²) >= 11 is 1.58. The van der Waals surface area contributed by atoms with Crippen molar-refractivity contribution < 1.29 is 9.22 Å². The van der Waals surface area contributed by atoms with Crippen molar-refractivity contribution >= 4 is 30.7 Å². The summed E-state index contributed by atoms with van der Waals surface area (Å²) in [5.41, 5.74) is 2.34. The molecule has 4 atom stereocenters. The second-order valence-corrected chi connectivity index (χ2v) is 19.2. The van der Waals surface area contributed by atoms with E-state index in [1.807, 2.05) is 35.8 Å². The number of aromatic amines is 1. The van der Waals surface area contributed by atoms with Crippen LogP contribution in [0, 0.1) is 11.8 Å². The molecule has 236 valence electrons. The summed E-state index contributed by atoms with van der Waals surface area (Å²) in [7, 11) is -2.24. The highest BCUT2D eigenvalue weighted by Crippen LogP contribution is 2.39. The topological polar surface area (TPSA) is 91.9 Å². The number of rotatable bonds is 15. The highest BCUT2D eigenvalue weighted by Gasteiger charge is 2.42. The molecular formula is C35H49N5O2SSi. The molecule has 0 aliphatic heterocycles. The number of aromatic nitrogens is 3. The maximum Gasteiger partial charge on any atom is 0.224 e. The lowest BCUT2D eigenvalue weighted by atomic mass is 9.88. The number of thiazole rings is 1. The molecule has 4 rings (SSSR count). The van der Waals surface area contributed by atoms with Gasteiger partial charge in [0, 0.05) is 29.9 Å². The molecule has 0 unspecified atom stereocenters. The molecule has 0 spiro atoms. The van der Waals surface area contributed by atoms with Crippen LogP contribution in [0.15, 0.2) is 84.6 Å². The summed E-state index contributed by atoms with van der Waals surface area (Å²) in [6.45, 7) is 15.6. The quantitative estimate of drug-likeness (QED) is 0.116. The Morgan fingerprint density at radius 3 is 2.11 bits per heavy atom. The predicted octanol–water partition coefficient (Wildman–Crippen LogP) is 8.04. The van der Waals surface area contributed by atoms with Gasteiger partial charge < -0.3 is 20.0 Å². The molecule has 9 heteroatoms. The molecule has 7 nitrogen and oxygen atoms in total. The zero-order valence-corrected chi connectivity index (χ0v) is 29.0. The average Bonchev–Trinajstić information content (AvgIpc) is 3.70. The Balaban J connectivity index is 1.72. The second-order valence-electron chi connectivity index (χ2n) is 13.5. The molecule has 1 amide bonds. The average molecular weight is 632 g/mol. The highest BCUT2D eigenvalue weighted by atomic mass is 32.1. The number of carbonyl (C=O) groups is 1. The van der Waals surface area contributed by atoms with Crippen LogP contribution in [0.1, 0.15) is 64.0 Å². The van der Waals surface area contributed by atoms with Crippen molar-refractivity contribution in [1.82, 2.24) is 20.3 Å².